The molecule has 0 bridgehead atoms. The first-order valence-electron chi connectivity index (χ1n) is 5.35. The topological polar surface area (TPSA) is 99.4 Å². The zero-order valence-electron chi connectivity index (χ0n) is 10.3. The molecule has 0 amide bonds. The van der Waals surface area contributed by atoms with Crippen molar-refractivity contribution >= 4 is 33.4 Å². The molecule has 0 N–H and O–H groups in total. The van der Waals surface area contributed by atoms with Gasteiger partial charge in [-0.2, -0.15) is 0 Å². The minimum Gasteiger partial charge on any atom is -0.465 e. The number of halogens is 1. The van der Waals surface area contributed by atoms with Crippen molar-refractivity contribution in [2.45, 2.75) is 19.8 Å². The van der Waals surface area contributed by atoms with Gasteiger partial charge in [0.15, 0.2) is 5.92 Å². The molecule has 0 spiro atoms. The maximum atomic E-state index is 11.7. The molecule has 8 heteroatoms. The van der Waals surface area contributed by atoms with Crippen LogP contribution in [0.1, 0.15) is 25.5 Å². The minimum atomic E-state index is -1.38. The predicted octanol–water partition coefficient (Wildman–Crippen LogP) is 1.99. The third-order valence-corrected chi connectivity index (χ3v) is 2.70. The molecule has 0 radical (unpaired) electrons. The molecule has 1 atom stereocenters. The van der Waals surface area contributed by atoms with Gasteiger partial charge in [0.2, 0.25) is 0 Å². The quantitative estimate of drug-likeness (QED) is 0.354. The van der Waals surface area contributed by atoms with Gasteiger partial charge in [0, 0.05) is 16.7 Å². The molecule has 1 rings (SSSR count). The van der Waals surface area contributed by atoms with E-state index in [4.69, 9.17) is 4.74 Å². The number of carbonyl (C=O) groups is 2. The van der Waals surface area contributed by atoms with E-state index in [0.717, 1.165) is 6.92 Å². The molecule has 1 heterocycles. The molecule has 1 aromatic heterocycles. The third-order valence-electron chi connectivity index (χ3n) is 2.26. The van der Waals surface area contributed by atoms with Gasteiger partial charge in [-0.1, -0.05) is 0 Å². The summed E-state index contributed by atoms with van der Waals surface area (Å²) in [5, 5.41) is 11.0. The van der Waals surface area contributed by atoms with E-state index in [1.54, 1.807) is 6.92 Å². The maximum Gasteiger partial charge on any atom is 0.322 e. The molecule has 0 aliphatic heterocycles. The number of ether oxygens (including phenoxy) is 1. The number of carbonyl (C=O) groups excluding carboxylic acids is 2. The summed E-state index contributed by atoms with van der Waals surface area (Å²) in [6.07, 6.45) is 1.29. The number of pyridine rings is 1. The van der Waals surface area contributed by atoms with E-state index in [1.807, 2.05) is 0 Å². The van der Waals surface area contributed by atoms with E-state index < -0.39 is 28.3 Å². The van der Waals surface area contributed by atoms with Crippen molar-refractivity contribution in [2.24, 2.45) is 0 Å². The fraction of sp³-hybridized carbons (Fsp3) is 0.364. The molecule has 0 fully saturated rings. The van der Waals surface area contributed by atoms with Gasteiger partial charge in [0.25, 0.3) is 5.69 Å². The summed E-state index contributed by atoms with van der Waals surface area (Å²) in [5.41, 5.74) is -0.609. The largest absolute Gasteiger partial charge is 0.465 e. The van der Waals surface area contributed by atoms with Gasteiger partial charge >= 0.3 is 5.97 Å². The van der Waals surface area contributed by atoms with Gasteiger partial charge in [-0.25, -0.2) is 0 Å². The van der Waals surface area contributed by atoms with Gasteiger partial charge < -0.3 is 4.74 Å². The molecule has 7 nitrogen and oxygen atoms in total. The fourth-order valence-corrected chi connectivity index (χ4v) is 1.82. The predicted molar refractivity (Wildman–Crippen MR) is 68.6 cm³/mol. The Labute approximate surface area is 117 Å². The van der Waals surface area contributed by atoms with Gasteiger partial charge in [0.1, 0.15) is 11.5 Å². The Morgan fingerprint density at radius 2 is 2.21 bits per heavy atom. The molecule has 0 saturated carbocycles. The van der Waals surface area contributed by atoms with Crippen molar-refractivity contribution in [2.75, 3.05) is 6.61 Å². The van der Waals surface area contributed by atoms with Crippen LogP contribution < -0.4 is 0 Å². The highest BCUT2D eigenvalue weighted by Gasteiger charge is 2.34. The number of hydrogen-bond acceptors (Lipinski definition) is 6. The highest BCUT2D eigenvalue weighted by molar-refractivity contribution is 9.10. The zero-order chi connectivity index (χ0) is 14.6. The second-order valence-corrected chi connectivity index (χ2v) is 4.53. The smallest absolute Gasteiger partial charge is 0.322 e. The molecular weight excluding hydrogens is 320 g/mol. The third kappa shape index (κ3) is 3.57. The van der Waals surface area contributed by atoms with E-state index in [9.17, 15) is 19.7 Å². The second-order valence-electron chi connectivity index (χ2n) is 3.61. The Balaban J connectivity index is 3.34. The van der Waals surface area contributed by atoms with E-state index in [-0.39, 0.29) is 12.3 Å². The summed E-state index contributed by atoms with van der Waals surface area (Å²) in [6.45, 7) is 2.82. The van der Waals surface area contributed by atoms with Crippen LogP contribution in [0.25, 0.3) is 0 Å². The summed E-state index contributed by atoms with van der Waals surface area (Å²) >= 11 is 3.05. The molecule has 0 aliphatic carbocycles. The van der Waals surface area contributed by atoms with Crippen molar-refractivity contribution in [3.8, 4) is 0 Å². The summed E-state index contributed by atoms with van der Waals surface area (Å²) in [4.78, 5) is 37.4. The van der Waals surface area contributed by atoms with Crippen LogP contribution in [0, 0.1) is 10.1 Å². The lowest BCUT2D eigenvalue weighted by atomic mass is 9.99. The number of hydrogen-bond donors (Lipinski definition) is 0. The average molecular weight is 331 g/mol. The first-order chi connectivity index (χ1) is 8.88. The van der Waals surface area contributed by atoms with Crippen LogP contribution in [0.3, 0.4) is 0 Å². The SMILES string of the molecule is CCOC(=O)C(C(C)=O)c1ncc(Br)cc1[N+](=O)[O-]. The Hall–Kier alpha value is -1.83. The molecule has 102 valence electrons. The molecule has 0 aromatic carbocycles. The lowest BCUT2D eigenvalue weighted by Gasteiger charge is -2.12. The van der Waals surface area contributed by atoms with Gasteiger partial charge in [-0.15, -0.1) is 0 Å². The molecule has 0 saturated heterocycles. The lowest BCUT2D eigenvalue weighted by molar-refractivity contribution is -0.386. The second kappa shape index (κ2) is 6.37. The summed E-state index contributed by atoms with van der Waals surface area (Å²) in [6, 6.07) is 1.19. The standard InChI is InChI=1S/C11H11BrN2O5/c1-3-19-11(16)9(6(2)15)10-8(14(17)18)4-7(12)5-13-10/h4-5,9H,3H2,1-2H3. The van der Waals surface area contributed by atoms with E-state index in [2.05, 4.69) is 20.9 Å². The maximum absolute atomic E-state index is 11.7. The number of aromatic nitrogens is 1. The number of nitro groups is 1. The summed E-state index contributed by atoms with van der Waals surface area (Å²) in [5.74, 6) is -2.78. The van der Waals surface area contributed by atoms with Crippen LogP contribution in [-0.2, 0) is 14.3 Å². The molecular formula is C11H11BrN2O5. The zero-order valence-corrected chi connectivity index (χ0v) is 11.8. The first-order valence-corrected chi connectivity index (χ1v) is 6.14. The van der Waals surface area contributed by atoms with Crippen LogP contribution in [0.2, 0.25) is 0 Å². The summed E-state index contributed by atoms with van der Waals surface area (Å²) < 4.78 is 5.13. The van der Waals surface area contributed by atoms with Gasteiger partial charge in [-0.3, -0.25) is 24.7 Å². The van der Waals surface area contributed by atoms with Crippen LogP contribution in [0.4, 0.5) is 5.69 Å². The van der Waals surface area contributed by atoms with Gasteiger partial charge in [0.05, 0.1) is 11.5 Å². The molecule has 19 heavy (non-hydrogen) atoms. The Kier molecular flexibility index (Phi) is 5.11. The Morgan fingerprint density at radius 1 is 1.58 bits per heavy atom. The number of Topliss-reactive ketones (excluding diaryl/α,β-unsaturated/α-hetero) is 1. The first kappa shape index (κ1) is 15.2. The van der Waals surface area contributed by atoms with Crippen LogP contribution in [0.15, 0.2) is 16.7 Å². The van der Waals surface area contributed by atoms with E-state index >= 15 is 0 Å². The fourth-order valence-electron chi connectivity index (χ4n) is 1.50. The van der Waals surface area contributed by atoms with Crippen molar-refractivity contribution in [3.63, 3.8) is 0 Å². The molecule has 1 unspecified atom stereocenters. The average Bonchev–Trinajstić information content (AvgIpc) is 2.31. The number of rotatable bonds is 5. The molecule has 0 aliphatic rings. The number of nitrogens with zero attached hydrogens (tertiary/aromatic N) is 2. The van der Waals surface area contributed by atoms with Crippen LogP contribution in [-0.4, -0.2) is 28.3 Å². The van der Waals surface area contributed by atoms with Gasteiger partial charge in [-0.05, 0) is 29.8 Å². The van der Waals surface area contributed by atoms with Crippen molar-refractivity contribution in [3.05, 3.63) is 32.5 Å². The monoisotopic (exact) mass is 330 g/mol. The van der Waals surface area contributed by atoms with Crippen molar-refractivity contribution < 1.29 is 19.2 Å². The highest BCUT2D eigenvalue weighted by atomic mass is 79.9. The van der Waals surface area contributed by atoms with Crippen molar-refractivity contribution in [1.82, 2.24) is 4.98 Å². The normalized spacial score (nSPS) is 11.7. The van der Waals surface area contributed by atoms with Crippen LogP contribution >= 0.6 is 15.9 Å². The Bertz CT molecular complexity index is 532. The van der Waals surface area contributed by atoms with Crippen molar-refractivity contribution in [1.29, 1.82) is 0 Å². The van der Waals surface area contributed by atoms with E-state index in [1.165, 1.54) is 12.3 Å². The highest BCUT2D eigenvalue weighted by Crippen LogP contribution is 2.28. The van der Waals surface area contributed by atoms with Crippen LogP contribution in [0.5, 0.6) is 0 Å². The van der Waals surface area contributed by atoms with E-state index in [0.29, 0.717) is 4.47 Å². The number of ketones is 1. The number of esters is 1. The summed E-state index contributed by atoms with van der Waals surface area (Å²) in [7, 11) is 0. The molecule has 1 aromatic rings. The Morgan fingerprint density at radius 3 is 2.68 bits per heavy atom. The lowest BCUT2D eigenvalue weighted by Crippen LogP contribution is -2.24. The minimum absolute atomic E-state index is 0.0763.